The minimum absolute atomic E-state index is 0.00962. The molecule has 0 aliphatic rings. The smallest absolute Gasteiger partial charge is 0.244 e. The van der Waals surface area contributed by atoms with Crippen molar-refractivity contribution in [2.75, 3.05) is 30.8 Å². The number of carbonyl (C=O) groups excluding carboxylic acids is 2. The lowest BCUT2D eigenvalue weighted by Gasteiger charge is -2.34. The van der Waals surface area contributed by atoms with Crippen LogP contribution in [0.4, 0.5) is 5.69 Å². The highest BCUT2D eigenvalue weighted by Crippen LogP contribution is 2.31. The molecular weight excluding hydrogens is 538 g/mol. The van der Waals surface area contributed by atoms with E-state index >= 15 is 0 Å². The molecule has 0 saturated heterocycles. The summed E-state index contributed by atoms with van der Waals surface area (Å²) in [6.45, 7) is 3.46. The van der Waals surface area contributed by atoms with Crippen LogP contribution in [0.5, 0.6) is 5.75 Å². The Balaban J connectivity index is 2.09. The molecule has 3 aromatic rings. The van der Waals surface area contributed by atoms with Gasteiger partial charge in [-0.3, -0.25) is 13.9 Å². The number of methoxy groups -OCH3 is 1. The fourth-order valence-corrected chi connectivity index (χ4v) is 5.29. The lowest BCUT2D eigenvalue weighted by Crippen LogP contribution is -2.53. The van der Waals surface area contributed by atoms with Crippen molar-refractivity contribution in [2.45, 2.75) is 32.9 Å². The third-order valence-electron chi connectivity index (χ3n) is 6.20. The van der Waals surface area contributed by atoms with Gasteiger partial charge < -0.3 is 15.0 Å². The molecule has 1 N–H and O–H groups in total. The number of sulfonamides is 1. The van der Waals surface area contributed by atoms with E-state index in [1.54, 1.807) is 49.4 Å². The maximum atomic E-state index is 14.1. The van der Waals surface area contributed by atoms with Crippen LogP contribution in [0, 0.1) is 6.92 Å². The molecule has 0 bridgehead atoms. The number of halogens is 1. The Hall–Kier alpha value is -3.56. The number of ether oxygens (including phenoxy) is 1. The second kappa shape index (κ2) is 13.5. The van der Waals surface area contributed by atoms with Gasteiger partial charge in [0.05, 0.1) is 19.1 Å². The lowest BCUT2D eigenvalue weighted by molar-refractivity contribution is -0.140. The fraction of sp³-hybridized carbons (Fsp3) is 0.310. The molecule has 1 atom stereocenters. The van der Waals surface area contributed by atoms with Crippen LogP contribution in [0.1, 0.15) is 23.6 Å². The maximum Gasteiger partial charge on any atom is 0.244 e. The summed E-state index contributed by atoms with van der Waals surface area (Å²) >= 11 is 6.45. The number of nitrogens with zero attached hydrogens (tertiary/aromatic N) is 2. The summed E-state index contributed by atoms with van der Waals surface area (Å²) in [6.07, 6.45) is 1.27. The SMILES string of the molecule is CCNC(=O)[C@@H](Cc1ccccc1)N(Cc1ccccc1Cl)C(=O)CN(c1cc(C)ccc1OC)S(C)(=O)=O. The Morgan fingerprint density at radius 2 is 1.69 bits per heavy atom. The molecular formula is C29H34ClN3O5S. The Bertz CT molecular complexity index is 1400. The zero-order valence-electron chi connectivity index (χ0n) is 22.6. The average Bonchev–Trinajstić information content (AvgIpc) is 2.90. The van der Waals surface area contributed by atoms with Gasteiger partial charge in [0.1, 0.15) is 18.3 Å². The van der Waals surface area contributed by atoms with Crippen LogP contribution < -0.4 is 14.4 Å². The highest BCUT2D eigenvalue weighted by molar-refractivity contribution is 7.92. The van der Waals surface area contributed by atoms with Crippen molar-refractivity contribution in [1.29, 1.82) is 0 Å². The number of hydrogen-bond acceptors (Lipinski definition) is 5. The second-order valence-corrected chi connectivity index (χ2v) is 11.5. The molecule has 39 heavy (non-hydrogen) atoms. The Morgan fingerprint density at radius 1 is 1.03 bits per heavy atom. The van der Waals surface area contributed by atoms with Crippen LogP contribution in [0.25, 0.3) is 0 Å². The van der Waals surface area contributed by atoms with Gasteiger partial charge in [0.15, 0.2) is 0 Å². The van der Waals surface area contributed by atoms with Crippen molar-refractivity contribution in [3.63, 3.8) is 0 Å². The van der Waals surface area contributed by atoms with E-state index in [-0.39, 0.29) is 24.6 Å². The van der Waals surface area contributed by atoms with Gasteiger partial charge in [-0.1, -0.05) is 66.2 Å². The minimum atomic E-state index is -3.91. The summed E-state index contributed by atoms with van der Waals surface area (Å²) < 4.78 is 32.4. The molecule has 208 valence electrons. The molecule has 0 radical (unpaired) electrons. The molecule has 10 heteroatoms. The first-order chi connectivity index (χ1) is 18.5. The van der Waals surface area contributed by atoms with Gasteiger partial charge in [-0.05, 0) is 48.7 Å². The summed E-state index contributed by atoms with van der Waals surface area (Å²) in [5.74, 6) is -0.599. The molecule has 8 nitrogen and oxygen atoms in total. The number of benzene rings is 3. The quantitative estimate of drug-likeness (QED) is 0.351. The van der Waals surface area contributed by atoms with Gasteiger partial charge in [0.25, 0.3) is 0 Å². The monoisotopic (exact) mass is 571 g/mol. The minimum Gasteiger partial charge on any atom is -0.495 e. The van der Waals surface area contributed by atoms with E-state index in [4.69, 9.17) is 16.3 Å². The van der Waals surface area contributed by atoms with Crippen LogP contribution in [-0.4, -0.2) is 57.6 Å². The van der Waals surface area contributed by atoms with Crippen molar-refractivity contribution in [3.8, 4) is 5.75 Å². The van der Waals surface area contributed by atoms with Gasteiger partial charge in [0, 0.05) is 24.5 Å². The zero-order chi connectivity index (χ0) is 28.6. The predicted molar refractivity (Wildman–Crippen MR) is 155 cm³/mol. The van der Waals surface area contributed by atoms with Crippen LogP contribution >= 0.6 is 11.6 Å². The third kappa shape index (κ3) is 7.97. The standard InChI is InChI=1S/C29H34ClN3O5S/c1-5-31-29(35)26(18-22-11-7-6-8-12-22)32(19-23-13-9-10-14-24(23)30)28(34)20-33(39(4,36)37)25-17-21(2)15-16-27(25)38-3/h6-17,26H,5,18-20H2,1-4H3,(H,31,35)/t26-/m1/s1. The third-order valence-corrected chi connectivity index (χ3v) is 7.70. The topological polar surface area (TPSA) is 96.0 Å². The first-order valence-corrected chi connectivity index (χ1v) is 14.7. The van der Waals surface area contributed by atoms with Crippen molar-refractivity contribution in [3.05, 3.63) is 94.5 Å². The summed E-state index contributed by atoms with van der Waals surface area (Å²) in [6, 6.07) is 20.6. The largest absolute Gasteiger partial charge is 0.495 e. The highest BCUT2D eigenvalue weighted by Gasteiger charge is 2.33. The molecule has 0 unspecified atom stereocenters. The summed E-state index contributed by atoms with van der Waals surface area (Å²) in [7, 11) is -2.48. The molecule has 0 spiro atoms. The van der Waals surface area contributed by atoms with Crippen LogP contribution in [0.15, 0.2) is 72.8 Å². The molecule has 2 amide bonds. The highest BCUT2D eigenvalue weighted by atomic mass is 35.5. The number of aryl methyl sites for hydroxylation is 1. The lowest BCUT2D eigenvalue weighted by atomic mass is 10.0. The zero-order valence-corrected chi connectivity index (χ0v) is 24.1. The summed E-state index contributed by atoms with van der Waals surface area (Å²) in [5.41, 5.74) is 2.52. The number of amides is 2. The van der Waals surface area contributed by atoms with E-state index in [1.807, 2.05) is 37.3 Å². The van der Waals surface area contributed by atoms with Crippen LogP contribution in [0.2, 0.25) is 5.02 Å². The first-order valence-electron chi connectivity index (χ1n) is 12.5. The predicted octanol–water partition coefficient (Wildman–Crippen LogP) is 4.20. The molecule has 3 aromatic carbocycles. The molecule has 0 aliphatic carbocycles. The molecule has 3 rings (SSSR count). The van der Waals surface area contributed by atoms with Crippen molar-refractivity contribution >= 4 is 39.1 Å². The number of likely N-dealkylation sites (N-methyl/N-ethyl adjacent to an activating group) is 1. The molecule has 0 aliphatic heterocycles. The van der Waals surface area contributed by atoms with Gasteiger partial charge in [0.2, 0.25) is 21.8 Å². The molecule has 0 fully saturated rings. The number of anilines is 1. The van der Waals surface area contributed by atoms with Crippen LogP contribution in [-0.2, 0) is 32.6 Å². The normalized spacial score (nSPS) is 11.9. The number of hydrogen-bond donors (Lipinski definition) is 1. The van der Waals surface area contributed by atoms with E-state index in [0.29, 0.717) is 22.9 Å². The average molecular weight is 572 g/mol. The van der Waals surface area contributed by atoms with E-state index in [1.165, 1.54) is 12.0 Å². The van der Waals surface area contributed by atoms with E-state index < -0.39 is 28.5 Å². The van der Waals surface area contributed by atoms with Gasteiger partial charge >= 0.3 is 0 Å². The van der Waals surface area contributed by atoms with Crippen molar-refractivity contribution in [2.24, 2.45) is 0 Å². The van der Waals surface area contributed by atoms with E-state index in [9.17, 15) is 18.0 Å². The fourth-order valence-electron chi connectivity index (χ4n) is 4.25. The Morgan fingerprint density at radius 3 is 2.31 bits per heavy atom. The summed E-state index contributed by atoms with van der Waals surface area (Å²) in [5, 5.41) is 3.26. The van der Waals surface area contributed by atoms with Gasteiger partial charge in [-0.15, -0.1) is 0 Å². The van der Waals surface area contributed by atoms with Crippen molar-refractivity contribution < 1.29 is 22.7 Å². The number of rotatable bonds is 12. The van der Waals surface area contributed by atoms with Crippen molar-refractivity contribution in [1.82, 2.24) is 10.2 Å². The van der Waals surface area contributed by atoms with E-state index in [2.05, 4.69) is 5.32 Å². The Kier molecular flexibility index (Phi) is 10.4. The van der Waals surface area contributed by atoms with Crippen LogP contribution in [0.3, 0.4) is 0 Å². The first kappa shape index (κ1) is 30.0. The second-order valence-electron chi connectivity index (χ2n) is 9.16. The maximum absolute atomic E-state index is 14.1. The van der Waals surface area contributed by atoms with E-state index in [0.717, 1.165) is 21.7 Å². The summed E-state index contributed by atoms with van der Waals surface area (Å²) in [4.78, 5) is 28.8. The molecule has 0 heterocycles. The van der Waals surface area contributed by atoms with Gasteiger partial charge in [-0.25, -0.2) is 8.42 Å². The van der Waals surface area contributed by atoms with Gasteiger partial charge in [-0.2, -0.15) is 0 Å². The molecule has 0 saturated carbocycles. The molecule has 0 aromatic heterocycles. The number of carbonyl (C=O) groups is 2. The number of nitrogens with one attached hydrogen (secondary N) is 1. The Labute approximate surface area is 235 Å².